The summed E-state index contributed by atoms with van der Waals surface area (Å²) < 4.78 is 0. The lowest BCUT2D eigenvalue weighted by atomic mass is 10.1. The van der Waals surface area contributed by atoms with Gasteiger partial charge in [0.2, 0.25) is 0 Å². The van der Waals surface area contributed by atoms with Crippen LogP contribution in [0.1, 0.15) is 37.8 Å². The van der Waals surface area contributed by atoms with Crippen molar-refractivity contribution in [2.45, 2.75) is 44.2 Å². The molecule has 2 atom stereocenters. The largest absolute Gasteiger partial charge is 0.391 e. The SMILES string of the molecule is NC(=S)c1ncccc1NC1CCCCCC1O. The lowest BCUT2D eigenvalue weighted by molar-refractivity contribution is 0.144. The number of thiocarbonyl (C=S) groups is 1. The van der Waals surface area contributed by atoms with E-state index in [2.05, 4.69) is 10.3 Å². The Kier molecular flexibility index (Phi) is 4.49. The van der Waals surface area contributed by atoms with Crippen molar-refractivity contribution >= 4 is 22.9 Å². The molecular weight excluding hydrogens is 246 g/mol. The minimum atomic E-state index is -0.313. The van der Waals surface area contributed by atoms with Crippen molar-refractivity contribution in [3.05, 3.63) is 24.0 Å². The van der Waals surface area contributed by atoms with Crippen molar-refractivity contribution in [1.82, 2.24) is 4.98 Å². The number of hydrogen-bond donors (Lipinski definition) is 3. The minimum Gasteiger partial charge on any atom is -0.391 e. The van der Waals surface area contributed by atoms with Crippen LogP contribution in [0.2, 0.25) is 0 Å². The second kappa shape index (κ2) is 6.11. The molecule has 0 radical (unpaired) electrons. The average Bonchev–Trinajstić information content (AvgIpc) is 2.55. The number of rotatable bonds is 3. The van der Waals surface area contributed by atoms with Gasteiger partial charge in [0.05, 0.1) is 17.8 Å². The zero-order valence-electron chi connectivity index (χ0n) is 10.3. The molecule has 2 rings (SSSR count). The lowest BCUT2D eigenvalue weighted by Gasteiger charge is -2.23. The highest BCUT2D eigenvalue weighted by Crippen LogP contribution is 2.22. The first-order valence-electron chi connectivity index (χ1n) is 6.38. The van der Waals surface area contributed by atoms with Gasteiger partial charge in [-0.05, 0) is 25.0 Å². The fourth-order valence-corrected chi connectivity index (χ4v) is 2.54. The fourth-order valence-electron chi connectivity index (χ4n) is 2.37. The van der Waals surface area contributed by atoms with Crippen LogP contribution >= 0.6 is 12.2 Å². The van der Waals surface area contributed by atoms with Gasteiger partial charge >= 0.3 is 0 Å². The van der Waals surface area contributed by atoms with Crippen LogP contribution < -0.4 is 11.1 Å². The predicted octanol–water partition coefficient (Wildman–Crippen LogP) is 1.82. The molecule has 1 aliphatic rings. The van der Waals surface area contributed by atoms with E-state index >= 15 is 0 Å². The van der Waals surface area contributed by atoms with Crippen LogP contribution in [0.15, 0.2) is 18.3 Å². The number of aliphatic hydroxyl groups is 1. The number of aromatic nitrogens is 1. The first kappa shape index (κ1) is 13.2. The van der Waals surface area contributed by atoms with Crippen LogP contribution in [0.4, 0.5) is 5.69 Å². The number of anilines is 1. The fraction of sp³-hybridized carbons (Fsp3) is 0.538. The summed E-state index contributed by atoms with van der Waals surface area (Å²) in [6.07, 6.45) is 6.58. The maximum atomic E-state index is 10.1. The lowest BCUT2D eigenvalue weighted by Crippen LogP contribution is -2.33. The van der Waals surface area contributed by atoms with E-state index in [0.29, 0.717) is 5.69 Å². The molecule has 4 N–H and O–H groups in total. The van der Waals surface area contributed by atoms with Crippen LogP contribution in [0, 0.1) is 0 Å². The van der Waals surface area contributed by atoms with Crippen LogP contribution in [0.3, 0.4) is 0 Å². The van der Waals surface area contributed by atoms with Crippen molar-refractivity contribution in [1.29, 1.82) is 0 Å². The Labute approximate surface area is 113 Å². The highest BCUT2D eigenvalue weighted by molar-refractivity contribution is 7.80. The summed E-state index contributed by atoms with van der Waals surface area (Å²) in [5.41, 5.74) is 7.07. The van der Waals surface area contributed by atoms with Gasteiger partial charge in [0.25, 0.3) is 0 Å². The summed E-state index contributed by atoms with van der Waals surface area (Å²) in [5, 5.41) is 13.4. The monoisotopic (exact) mass is 265 g/mol. The van der Waals surface area contributed by atoms with Gasteiger partial charge in [-0.1, -0.05) is 31.5 Å². The summed E-state index contributed by atoms with van der Waals surface area (Å²) in [5.74, 6) is 0. The Bertz CT molecular complexity index is 424. The molecule has 1 saturated carbocycles. The van der Waals surface area contributed by atoms with Crippen molar-refractivity contribution < 1.29 is 5.11 Å². The third-order valence-corrected chi connectivity index (χ3v) is 3.55. The van der Waals surface area contributed by atoms with E-state index in [1.165, 1.54) is 6.42 Å². The van der Waals surface area contributed by atoms with Crippen molar-refractivity contribution in [3.8, 4) is 0 Å². The van der Waals surface area contributed by atoms with Gasteiger partial charge in [-0.15, -0.1) is 0 Å². The smallest absolute Gasteiger partial charge is 0.124 e. The molecule has 0 aromatic carbocycles. The predicted molar refractivity (Wildman–Crippen MR) is 76.6 cm³/mol. The topological polar surface area (TPSA) is 71.2 Å². The molecule has 0 amide bonds. The summed E-state index contributed by atoms with van der Waals surface area (Å²) in [6.45, 7) is 0. The molecule has 5 heteroatoms. The number of nitrogens with zero attached hydrogens (tertiary/aromatic N) is 1. The Hall–Kier alpha value is -1.20. The third kappa shape index (κ3) is 3.17. The molecule has 4 nitrogen and oxygen atoms in total. The first-order valence-corrected chi connectivity index (χ1v) is 6.78. The van der Waals surface area contributed by atoms with Crippen molar-refractivity contribution in [3.63, 3.8) is 0 Å². The maximum Gasteiger partial charge on any atom is 0.124 e. The highest BCUT2D eigenvalue weighted by Gasteiger charge is 2.22. The molecule has 0 bridgehead atoms. The molecule has 1 fully saturated rings. The first-order chi connectivity index (χ1) is 8.68. The van der Waals surface area contributed by atoms with Gasteiger partial charge in [0.1, 0.15) is 10.7 Å². The van der Waals surface area contributed by atoms with E-state index in [-0.39, 0.29) is 17.1 Å². The van der Waals surface area contributed by atoms with Gasteiger partial charge in [0, 0.05) is 6.20 Å². The number of aliphatic hydroxyl groups excluding tert-OH is 1. The van der Waals surface area contributed by atoms with Crippen LogP contribution in [0.25, 0.3) is 0 Å². The zero-order valence-corrected chi connectivity index (χ0v) is 11.1. The summed E-state index contributed by atoms with van der Waals surface area (Å²) in [7, 11) is 0. The molecule has 98 valence electrons. The van der Waals surface area contributed by atoms with Crippen LogP contribution in [-0.4, -0.2) is 27.2 Å². The van der Waals surface area contributed by atoms with Crippen LogP contribution in [0.5, 0.6) is 0 Å². The number of nitrogens with one attached hydrogen (secondary N) is 1. The van der Waals surface area contributed by atoms with Crippen LogP contribution in [-0.2, 0) is 0 Å². The molecule has 0 aliphatic heterocycles. The minimum absolute atomic E-state index is 0.0600. The molecule has 1 aromatic rings. The van der Waals surface area contributed by atoms with E-state index in [4.69, 9.17) is 18.0 Å². The van der Waals surface area contributed by atoms with Crippen molar-refractivity contribution in [2.75, 3.05) is 5.32 Å². The Morgan fingerprint density at radius 3 is 2.94 bits per heavy atom. The van der Waals surface area contributed by atoms with E-state index in [9.17, 15) is 5.11 Å². The molecule has 1 aliphatic carbocycles. The molecular formula is C13H19N3OS. The molecule has 0 spiro atoms. The molecule has 18 heavy (non-hydrogen) atoms. The van der Waals surface area contributed by atoms with Crippen molar-refractivity contribution in [2.24, 2.45) is 5.73 Å². The second-order valence-corrected chi connectivity index (χ2v) is 5.16. The Morgan fingerprint density at radius 1 is 1.39 bits per heavy atom. The summed E-state index contributed by atoms with van der Waals surface area (Å²) in [4.78, 5) is 4.46. The zero-order chi connectivity index (χ0) is 13.0. The number of pyridine rings is 1. The van der Waals surface area contributed by atoms with E-state index in [0.717, 1.165) is 31.4 Å². The van der Waals surface area contributed by atoms with E-state index < -0.39 is 0 Å². The van der Waals surface area contributed by atoms with Gasteiger partial charge in [-0.2, -0.15) is 0 Å². The molecule has 1 heterocycles. The van der Waals surface area contributed by atoms with E-state index in [1.807, 2.05) is 12.1 Å². The Morgan fingerprint density at radius 2 is 2.17 bits per heavy atom. The maximum absolute atomic E-state index is 10.1. The normalized spacial score (nSPS) is 24.3. The Balaban J connectivity index is 2.14. The van der Waals surface area contributed by atoms with Gasteiger partial charge in [-0.25, -0.2) is 0 Å². The second-order valence-electron chi connectivity index (χ2n) is 4.72. The van der Waals surface area contributed by atoms with Gasteiger partial charge in [0.15, 0.2) is 0 Å². The average molecular weight is 265 g/mol. The molecule has 1 aromatic heterocycles. The quantitative estimate of drug-likeness (QED) is 0.574. The molecule has 2 unspecified atom stereocenters. The summed E-state index contributed by atoms with van der Waals surface area (Å²) >= 11 is 4.99. The standard InChI is InChI=1S/C13H19N3OS/c14-13(18)12-10(6-4-8-15-12)16-9-5-2-1-3-7-11(9)17/h4,6,8-9,11,16-17H,1-3,5,7H2,(H2,14,18). The molecule has 0 saturated heterocycles. The van der Waals surface area contributed by atoms with E-state index in [1.54, 1.807) is 6.20 Å². The van der Waals surface area contributed by atoms with Gasteiger partial charge in [-0.3, -0.25) is 4.98 Å². The number of hydrogen-bond acceptors (Lipinski definition) is 4. The highest BCUT2D eigenvalue weighted by atomic mass is 32.1. The number of nitrogens with two attached hydrogens (primary N) is 1. The van der Waals surface area contributed by atoms with Gasteiger partial charge < -0.3 is 16.2 Å². The summed E-state index contributed by atoms with van der Waals surface area (Å²) in [6, 6.07) is 3.80. The third-order valence-electron chi connectivity index (χ3n) is 3.36.